The van der Waals surface area contributed by atoms with Crippen molar-refractivity contribution in [1.29, 1.82) is 0 Å². The van der Waals surface area contributed by atoms with Crippen molar-refractivity contribution in [2.45, 2.75) is 31.6 Å². The molecule has 2 atom stereocenters. The lowest BCUT2D eigenvalue weighted by atomic mass is 10.1. The molecule has 2 rings (SSSR count). The number of amidine groups is 1. The van der Waals surface area contributed by atoms with Gasteiger partial charge >= 0.3 is 0 Å². The summed E-state index contributed by atoms with van der Waals surface area (Å²) in [5, 5.41) is 0.644. The molecule has 0 bridgehead atoms. The normalized spacial score (nSPS) is 29.9. The first-order chi connectivity index (χ1) is 9.32. The molecule has 0 radical (unpaired) electrons. The van der Waals surface area contributed by atoms with E-state index in [9.17, 15) is 13.2 Å². The number of nitrogens with zero attached hydrogens (tertiary/aromatic N) is 2. The van der Waals surface area contributed by atoms with Crippen molar-refractivity contribution >= 4 is 32.7 Å². The quantitative estimate of drug-likeness (QED) is 0.732. The van der Waals surface area contributed by atoms with Gasteiger partial charge in [-0.1, -0.05) is 31.7 Å². The summed E-state index contributed by atoms with van der Waals surface area (Å²) in [6.45, 7) is 8.17. The third-order valence-corrected chi connectivity index (χ3v) is 6.55. The highest BCUT2D eigenvalue weighted by molar-refractivity contribution is 8.15. The van der Waals surface area contributed by atoms with Crippen LogP contribution in [0.5, 0.6) is 0 Å². The molecule has 7 heteroatoms. The number of hydrogen-bond acceptors (Lipinski definition) is 4. The summed E-state index contributed by atoms with van der Waals surface area (Å²) in [6.07, 6.45) is 2.13. The zero-order valence-corrected chi connectivity index (χ0v) is 13.4. The molecule has 5 nitrogen and oxygen atoms in total. The van der Waals surface area contributed by atoms with E-state index in [4.69, 9.17) is 0 Å². The first-order valence-electron chi connectivity index (χ1n) is 6.68. The van der Waals surface area contributed by atoms with Crippen molar-refractivity contribution in [1.82, 2.24) is 4.90 Å². The first-order valence-corrected chi connectivity index (χ1v) is 9.38. The van der Waals surface area contributed by atoms with Crippen LogP contribution in [0.25, 0.3) is 0 Å². The highest BCUT2D eigenvalue weighted by atomic mass is 32.2. The van der Waals surface area contributed by atoms with Crippen LogP contribution in [0.1, 0.15) is 20.3 Å². The summed E-state index contributed by atoms with van der Waals surface area (Å²) in [5.74, 6) is 0.453. The summed E-state index contributed by atoms with van der Waals surface area (Å²) in [5.41, 5.74) is 0. The Morgan fingerprint density at radius 2 is 2.25 bits per heavy atom. The molecule has 0 aromatic heterocycles. The summed E-state index contributed by atoms with van der Waals surface area (Å²) in [7, 11) is -2.96. The molecule has 2 fully saturated rings. The molecule has 0 saturated carbocycles. The molecule has 0 aliphatic carbocycles. The highest BCUT2D eigenvalue weighted by Crippen LogP contribution is 2.38. The maximum atomic E-state index is 11.8. The van der Waals surface area contributed by atoms with Crippen molar-refractivity contribution in [2.75, 3.05) is 18.1 Å². The Hall–Kier alpha value is -0.820. The van der Waals surface area contributed by atoms with E-state index in [-0.39, 0.29) is 34.6 Å². The van der Waals surface area contributed by atoms with Gasteiger partial charge in [-0.05, 0) is 5.92 Å². The van der Waals surface area contributed by atoms with Crippen LogP contribution in [0, 0.1) is 5.92 Å². The number of carbonyl (C=O) groups is 1. The number of amides is 1. The molecule has 2 heterocycles. The van der Waals surface area contributed by atoms with Gasteiger partial charge in [0.15, 0.2) is 15.0 Å². The lowest BCUT2D eigenvalue weighted by molar-refractivity contribution is -0.118. The topological polar surface area (TPSA) is 66.8 Å². The Labute approximate surface area is 124 Å². The lowest BCUT2D eigenvalue weighted by Crippen LogP contribution is -2.37. The van der Waals surface area contributed by atoms with E-state index < -0.39 is 9.84 Å². The second-order valence-electron chi connectivity index (χ2n) is 5.63. The van der Waals surface area contributed by atoms with Gasteiger partial charge in [-0.25, -0.2) is 8.42 Å². The van der Waals surface area contributed by atoms with Gasteiger partial charge in [0, 0.05) is 18.2 Å². The fourth-order valence-corrected chi connectivity index (χ4v) is 6.47. The molecule has 2 aliphatic heterocycles. The van der Waals surface area contributed by atoms with Crippen LogP contribution in [-0.4, -0.2) is 53.7 Å². The predicted octanol–water partition coefficient (Wildman–Crippen LogP) is 1.32. The van der Waals surface area contributed by atoms with Crippen LogP contribution in [0.15, 0.2) is 17.6 Å². The third-order valence-electron chi connectivity index (χ3n) is 3.30. The van der Waals surface area contributed by atoms with Crippen LogP contribution in [0.2, 0.25) is 0 Å². The molecule has 0 aromatic rings. The SMILES string of the molecule is C=CCN1C(=NC(=O)CC(C)C)S[C@@H]2CS(=O)(=O)C[C@@H]21. The summed E-state index contributed by atoms with van der Waals surface area (Å²) in [4.78, 5) is 17.9. The number of thioether (sulfide) groups is 1. The molecular formula is C13H20N2O3S2. The van der Waals surface area contributed by atoms with Gasteiger partial charge in [0.05, 0.1) is 17.5 Å². The van der Waals surface area contributed by atoms with Gasteiger partial charge in [-0.15, -0.1) is 6.58 Å². The van der Waals surface area contributed by atoms with Gasteiger partial charge in [0.2, 0.25) is 5.91 Å². The van der Waals surface area contributed by atoms with E-state index in [1.807, 2.05) is 18.7 Å². The second kappa shape index (κ2) is 5.89. The summed E-state index contributed by atoms with van der Waals surface area (Å²) in [6, 6.07) is -0.0754. The van der Waals surface area contributed by atoms with Crippen molar-refractivity contribution in [3.05, 3.63) is 12.7 Å². The fraction of sp³-hybridized carbons (Fsp3) is 0.692. The maximum absolute atomic E-state index is 11.8. The zero-order valence-electron chi connectivity index (χ0n) is 11.8. The molecule has 0 unspecified atom stereocenters. The number of rotatable bonds is 4. The van der Waals surface area contributed by atoms with E-state index in [2.05, 4.69) is 11.6 Å². The molecule has 0 spiro atoms. The van der Waals surface area contributed by atoms with E-state index >= 15 is 0 Å². The van der Waals surface area contributed by atoms with Crippen molar-refractivity contribution in [2.24, 2.45) is 10.9 Å². The number of aliphatic imine (C=N–C) groups is 1. The van der Waals surface area contributed by atoms with E-state index in [0.29, 0.717) is 18.1 Å². The van der Waals surface area contributed by atoms with Gasteiger partial charge in [-0.3, -0.25) is 4.79 Å². The van der Waals surface area contributed by atoms with Crippen LogP contribution >= 0.6 is 11.8 Å². The van der Waals surface area contributed by atoms with Crippen LogP contribution in [-0.2, 0) is 14.6 Å². The average Bonchev–Trinajstić information content (AvgIpc) is 2.72. The molecule has 1 amide bonds. The van der Waals surface area contributed by atoms with Gasteiger partial charge in [-0.2, -0.15) is 4.99 Å². The summed E-state index contributed by atoms with van der Waals surface area (Å²) >= 11 is 1.42. The van der Waals surface area contributed by atoms with Gasteiger partial charge in [0.1, 0.15) is 0 Å². The Morgan fingerprint density at radius 3 is 2.85 bits per heavy atom. The third kappa shape index (κ3) is 3.44. The van der Waals surface area contributed by atoms with E-state index in [1.54, 1.807) is 6.08 Å². The zero-order chi connectivity index (χ0) is 14.9. The minimum Gasteiger partial charge on any atom is -0.342 e. The predicted molar refractivity (Wildman–Crippen MR) is 82.6 cm³/mol. The first kappa shape index (κ1) is 15.6. The Balaban J connectivity index is 2.17. The molecule has 2 aliphatic rings. The van der Waals surface area contributed by atoms with Gasteiger partial charge in [0.25, 0.3) is 0 Å². The fourth-order valence-electron chi connectivity index (χ4n) is 2.49. The largest absolute Gasteiger partial charge is 0.342 e. The van der Waals surface area contributed by atoms with E-state index in [1.165, 1.54) is 11.8 Å². The van der Waals surface area contributed by atoms with Crippen molar-refractivity contribution in [3.8, 4) is 0 Å². The minimum atomic E-state index is -2.96. The van der Waals surface area contributed by atoms with Crippen molar-refractivity contribution < 1.29 is 13.2 Å². The highest BCUT2D eigenvalue weighted by Gasteiger charge is 2.48. The van der Waals surface area contributed by atoms with Gasteiger partial charge < -0.3 is 4.90 Å². The Kier molecular flexibility index (Phi) is 4.59. The second-order valence-corrected chi connectivity index (χ2v) is 8.99. The molecular weight excluding hydrogens is 296 g/mol. The molecule has 20 heavy (non-hydrogen) atoms. The minimum absolute atomic E-state index is 0.00875. The number of fused-ring (bicyclic) bond motifs is 1. The Morgan fingerprint density at radius 1 is 1.55 bits per heavy atom. The van der Waals surface area contributed by atoms with Crippen LogP contribution in [0.3, 0.4) is 0 Å². The van der Waals surface area contributed by atoms with E-state index in [0.717, 1.165) is 0 Å². The number of sulfone groups is 1. The molecule has 2 saturated heterocycles. The molecule has 0 aromatic carbocycles. The van der Waals surface area contributed by atoms with Crippen LogP contribution in [0.4, 0.5) is 0 Å². The molecule has 112 valence electrons. The smallest absolute Gasteiger partial charge is 0.248 e. The Bertz CT molecular complexity index is 540. The maximum Gasteiger partial charge on any atom is 0.248 e. The summed E-state index contributed by atoms with van der Waals surface area (Å²) < 4.78 is 23.4. The lowest BCUT2D eigenvalue weighted by Gasteiger charge is -2.22. The number of carbonyl (C=O) groups excluding carboxylic acids is 1. The standard InChI is InChI=1S/C13H20N2O3S2/c1-4-5-15-10-7-20(17,18)8-11(10)19-13(15)14-12(16)6-9(2)3/h4,9-11H,1,5-8H2,2-3H3/t10-,11+/m0/s1. The number of hydrogen-bond donors (Lipinski definition) is 0. The monoisotopic (exact) mass is 316 g/mol. The van der Waals surface area contributed by atoms with Crippen LogP contribution < -0.4 is 0 Å². The van der Waals surface area contributed by atoms with Crippen molar-refractivity contribution in [3.63, 3.8) is 0 Å². The molecule has 0 N–H and O–H groups in total. The average molecular weight is 316 g/mol.